The van der Waals surface area contributed by atoms with Gasteiger partial charge in [0, 0.05) is 5.02 Å². The van der Waals surface area contributed by atoms with E-state index < -0.39 is 18.9 Å². The van der Waals surface area contributed by atoms with E-state index in [0.29, 0.717) is 5.02 Å². The third kappa shape index (κ3) is 3.16. The number of hydrogen-bond acceptors (Lipinski definition) is 2. The highest BCUT2D eigenvalue weighted by molar-refractivity contribution is 6.31. The Labute approximate surface area is 94.4 Å². The predicted octanol–water partition coefficient (Wildman–Crippen LogP) is 3.23. The van der Waals surface area contributed by atoms with Gasteiger partial charge >= 0.3 is 12.3 Å². The topological polar surface area (TPSA) is 38.0 Å². The number of hydrogen-bond donors (Lipinski definition) is 2. The molecule has 0 atom stereocenters. The van der Waals surface area contributed by atoms with Crippen molar-refractivity contribution in [3.63, 3.8) is 0 Å². The lowest BCUT2D eigenvalue weighted by Crippen LogP contribution is -2.34. The quantitative estimate of drug-likeness (QED) is 0.641. The molecule has 0 aromatic heterocycles. The molecule has 1 rings (SSSR count). The Morgan fingerprint density at radius 3 is 2.50 bits per heavy atom. The summed E-state index contributed by atoms with van der Waals surface area (Å²) in [6, 6.07) is 4.10. The van der Waals surface area contributed by atoms with E-state index in [1.165, 1.54) is 18.2 Å². The fraction of sp³-hybridized carbons (Fsp3) is 0.333. The smallest absolute Gasteiger partial charge is 0.324 e. The predicted molar refractivity (Wildman–Crippen MR) is 55.3 cm³/mol. The van der Waals surface area contributed by atoms with Crippen molar-refractivity contribution in [3.8, 4) is 0 Å². The third-order valence-electron chi connectivity index (χ3n) is 1.85. The van der Waals surface area contributed by atoms with Gasteiger partial charge in [-0.1, -0.05) is 11.6 Å². The molecule has 0 saturated carbocycles. The zero-order chi connectivity index (χ0) is 12.3. The standard InChI is InChI=1S/C9H9ClF4N2/c10-5-1-2-7(6(15)3-5)16-4-9(13,14)8(11)12/h1-3,8,16H,4,15H2. The van der Waals surface area contributed by atoms with E-state index in [1.807, 2.05) is 0 Å². The van der Waals surface area contributed by atoms with Crippen LogP contribution in [0.25, 0.3) is 0 Å². The molecule has 0 aliphatic carbocycles. The van der Waals surface area contributed by atoms with Crippen LogP contribution in [-0.4, -0.2) is 18.9 Å². The van der Waals surface area contributed by atoms with Crippen LogP contribution in [0.15, 0.2) is 18.2 Å². The van der Waals surface area contributed by atoms with E-state index >= 15 is 0 Å². The molecule has 0 spiro atoms. The van der Waals surface area contributed by atoms with E-state index in [4.69, 9.17) is 17.3 Å². The molecule has 0 bridgehead atoms. The number of nitrogen functional groups attached to an aromatic ring is 1. The maximum absolute atomic E-state index is 12.6. The highest BCUT2D eigenvalue weighted by Crippen LogP contribution is 2.26. The van der Waals surface area contributed by atoms with E-state index in [1.54, 1.807) is 0 Å². The number of alkyl halides is 4. The van der Waals surface area contributed by atoms with Gasteiger partial charge in [-0.05, 0) is 18.2 Å². The summed E-state index contributed by atoms with van der Waals surface area (Å²) >= 11 is 5.58. The number of anilines is 2. The Balaban J connectivity index is 2.68. The first-order valence-electron chi connectivity index (χ1n) is 4.28. The maximum Gasteiger partial charge on any atom is 0.324 e. The van der Waals surface area contributed by atoms with Crippen LogP contribution in [0.5, 0.6) is 0 Å². The van der Waals surface area contributed by atoms with Gasteiger partial charge in [0.15, 0.2) is 0 Å². The summed E-state index contributed by atoms with van der Waals surface area (Å²) in [5, 5.41) is 2.48. The minimum atomic E-state index is -4.09. The van der Waals surface area contributed by atoms with Crippen LogP contribution >= 0.6 is 11.6 Å². The number of nitrogens with two attached hydrogens (primary N) is 1. The van der Waals surface area contributed by atoms with E-state index in [-0.39, 0.29) is 11.4 Å². The van der Waals surface area contributed by atoms with Crippen LogP contribution in [0, 0.1) is 0 Å². The van der Waals surface area contributed by atoms with Gasteiger partial charge in [0.05, 0.1) is 17.9 Å². The summed E-state index contributed by atoms with van der Waals surface area (Å²) in [5.41, 5.74) is 5.71. The van der Waals surface area contributed by atoms with Crippen LogP contribution in [0.4, 0.5) is 28.9 Å². The Kier molecular flexibility index (Phi) is 3.85. The number of nitrogens with one attached hydrogen (secondary N) is 1. The molecule has 0 heterocycles. The Morgan fingerprint density at radius 1 is 1.38 bits per heavy atom. The summed E-state index contributed by atoms with van der Waals surface area (Å²) < 4.78 is 48.8. The fourth-order valence-electron chi connectivity index (χ4n) is 0.985. The molecule has 0 fully saturated rings. The third-order valence-corrected chi connectivity index (χ3v) is 2.08. The van der Waals surface area contributed by atoms with Crippen molar-refractivity contribution in [2.75, 3.05) is 17.6 Å². The summed E-state index contributed by atoms with van der Waals surface area (Å²) in [4.78, 5) is 0. The molecule has 90 valence electrons. The molecule has 2 nitrogen and oxygen atoms in total. The van der Waals surface area contributed by atoms with Crippen LogP contribution in [0.2, 0.25) is 5.02 Å². The monoisotopic (exact) mass is 256 g/mol. The van der Waals surface area contributed by atoms with Crippen molar-refractivity contribution in [1.29, 1.82) is 0 Å². The minimum absolute atomic E-state index is 0.123. The Hall–Kier alpha value is -1.17. The van der Waals surface area contributed by atoms with Gasteiger partial charge in [-0.15, -0.1) is 0 Å². The van der Waals surface area contributed by atoms with Gasteiger partial charge in [-0.2, -0.15) is 8.78 Å². The molecule has 0 saturated heterocycles. The zero-order valence-corrected chi connectivity index (χ0v) is 8.74. The molecule has 0 unspecified atom stereocenters. The van der Waals surface area contributed by atoms with Crippen LogP contribution in [0.1, 0.15) is 0 Å². The highest BCUT2D eigenvalue weighted by atomic mass is 35.5. The largest absolute Gasteiger partial charge is 0.397 e. The molecule has 16 heavy (non-hydrogen) atoms. The Bertz CT molecular complexity index is 371. The van der Waals surface area contributed by atoms with Crippen molar-refractivity contribution in [3.05, 3.63) is 23.2 Å². The average molecular weight is 257 g/mol. The first kappa shape index (κ1) is 12.9. The lowest BCUT2D eigenvalue weighted by Gasteiger charge is -2.17. The summed E-state index contributed by atoms with van der Waals surface area (Å²) in [6.07, 6.45) is -3.71. The van der Waals surface area contributed by atoms with Crippen molar-refractivity contribution in [1.82, 2.24) is 0 Å². The van der Waals surface area contributed by atoms with Crippen LogP contribution in [-0.2, 0) is 0 Å². The van der Waals surface area contributed by atoms with Gasteiger partial charge in [-0.25, -0.2) is 8.78 Å². The number of rotatable bonds is 4. The first-order chi connectivity index (χ1) is 7.33. The molecule has 0 aliphatic heterocycles. The van der Waals surface area contributed by atoms with Crippen molar-refractivity contribution >= 4 is 23.0 Å². The maximum atomic E-state index is 12.6. The summed E-state index contributed by atoms with van der Waals surface area (Å²) in [7, 11) is 0. The number of halogens is 5. The lowest BCUT2D eigenvalue weighted by atomic mass is 10.2. The second kappa shape index (κ2) is 4.78. The Morgan fingerprint density at radius 2 is 2.00 bits per heavy atom. The number of benzene rings is 1. The molecular weight excluding hydrogens is 248 g/mol. The van der Waals surface area contributed by atoms with Crippen LogP contribution in [0.3, 0.4) is 0 Å². The molecule has 3 N–H and O–H groups in total. The van der Waals surface area contributed by atoms with Crippen molar-refractivity contribution in [2.24, 2.45) is 0 Å². The fourth-order valence-corrected chi connectivity index (χ4v) is 1.17. The molecule has 0 radical (unpaired) electrons. The highest BCUT2D eigenvalue weighted by Gasteiger charge is 2.40. The normalized spacial score (nSPS) is 11.9. The zero-order valence-electron chi connectivity index (χ0n) is 7.98. The van der Waals surface area contributed by atoms with E-state index in [2.05, 4.69) is 5.32 Å². The molecule has 1 aromatic carbocycles. The molecule has 0 amide bonds. The van der Waals surface area contributed by atoms with Gasteiger partial charge < -0.3 is 11.1 Å². The van der Waals surface area contributed by atoms with E-state index in [9.17, 15) is 17.6 Å². The van der Waals surface area contributed by atoms with Gasteiger partial charge in [0.25, 0.3) is 0 Å². The minimum Gasteiger partial charge on any atom is -0.397 e. The average Bonchev–Trinajstić information content (AvgIpc) is 2.16. The van der Waals surface area contributed by atoms with Gasteiger partial charge in [0.1, 0.15) is 0 Å². The van der Waals surface area contributed by atoms with Crippen molar-refractivity contribution in [2.45, 2.75) is 12.3 Å². The molecule has 7 heteroatoms. The van der Waals surface area contributed by atoms with Crippen molar-refractivity contribution < 1.29 is 17.6 Å². The second-order valence-corrected chi connectivity index (χ2v) is 3.58. The van der Waals surface area contributed by atoms with Gasteiger partial charge in [-0.3, -0.25) is 0 Å². The molecular formula is C9H9ClF4N2. The first-order valence-corrected chi connectivity index (χ1v) is 4.65. The summed E-state index contributed by atoms with van der Waals surface area (Å²) in [6.45, 7) is -1.18. The molecule has 1 aromatic rings. The second-order valence-electron chi connectivity index (χ2n) is 3.15. The van der Waals surface area contributed by atoms with Crippen LogP contribution < -0.4 is 11.1 Å². The van der Waals surface area contributed by atoms with E-state index in [0.717, 1.165) is 0 Å². The molecule has 0 aliphatic rings. The SMILES string of the molecule is Nc1cc(Cl)ccc1NCC(F)(F)C(F)F. The lowest BCUT2D eigenvalue weighted by molar-refractivity contribution is -0.117. The van der Waals surface area contributed by atoms with Gasteiger partial charge in [0.2, 0.25) is 0 Å². The summed E-state index contributed by atoms with van der Waals surface area (Å²) in [5.74, 6) is -4.09.